The van der Waals surface area contributed by atoms with E-state index in [1.54, 1.807) is 0 Å². The summed E-state index contributed by atoms with van der Waals surface area (Å²) in [5, 5.41) is 11.6. The predicted octanol–water partition coefficient (Wildman–Crippen LogP) is 0.341. The fourth-order valence-corrected chi connectivity index (χ4v) is 1.38. The number of carbonyl (C=O) groups excluding carboxylic acids is 1. The Hall–Kier alpha value is -1.10. The van der Waals surface area contributed by atoms with Crippen LogP contribution < -0.4 is 11.1 Å². The molecule has 92 valence electrons. The smallest absolute Gasteiger partial charge is 0.311 e. The summed E-state index contributed by atoms with van der Waals surface area (Å²) in [5.74, 6) is -1.11. The summed E-state index contributed by atoms with van der Waals surface area (Å²) in [4.78, 5) is 22.5. The van der Waals surface area contributed by atoms with Crippen molar-refractivity contribution in [3.05, 3.63) is 0 Å². The van der Waals surface area contributed by atoms with Gasteiger partial charge < -0.3 is 16.2 Å². The van der Waals surface area contributed by atoms with E-state index >= 15 is 0 Å². The summed E-state index contributed by atoms with van der Waals surface area (Å²) in [6.45, 7) is 5.81. The molecule has 5 nitrogen and oxygen atoms in total. The lowest BCUT2D eigenvalue weighted by atomic mass is 9.87. The van der Waals surface area contributed by atoms with Gasteiger partial charge in [0.05, 0.1) is 11.5 Å². The van der Waals surface area contributed by atoms with Gasteiger partial charge in [-0.2, -0.15) is 0 Å². The molecule has 0 heterocycles. The molecular formula is C11H20N2O3. The van der Waals surface area contributed by atoms with Gasteiger partial charge in [-0.1, -0.05) is 20.8 Å². The van der Waals surface area contributed by atoms with Gasteiger partial charge in [0.2, 0.25) is 5.91 Å². The van der Waals surface area contributed by atoms with Crippen LogP contribution in [0.3, 0.4) is 0 Å². The average molecular weight is 228 g/mol. The highest BCUT2D eigenvalue weighted by atomic mass is 16.4. The van der Waals surface area contributed by atoms with Gasteiger partial charge in [0.25, 0.3) is 0 Å². The first-order valence-corrected chi connectivity index (χ1v) is 5.46. The van der Waals surface area contributed by atoms with Crippen molar-refractivity contribution in [2.75, 3.05) is 6.54 Å². The van der Waals surface area contributed by atoms with E-state index in [1.165, 1.54) is 0 Å². The Morgan fingerprint density at radius 2 is 1.94 bits per heavy atom. The first-order valence-electron chi connectivity index (χ1n) is 5.46. The molecule has 0 bridgehead atoms. The molecule has 1 aliphatic rings. The molecule has 0 aromatic rings. The van der Waals surface area contributed by atoms with Crippen LogP contribution in [0.1, 0.15) is 33.6 Å². The highest BCUT2D eigenvalue weighted by Crippen LogP contribution is 2.45. The fraction of sp³-hybridized carbons (Fsp3) is 0.818. The molecule has 0 saturated heterocycles. The number of carbonyl (C=O) groups is 2. The number of carboxylic acids is 1. The standard InChI is InChI=1S/C11H20N2O3/c1-10(2,3)7(12)8(14)13-6-11(4-5-11)9(15)16/h7H,4-6,12H2,1-3H3,(H,13,14)(H,15,16)/t7-/m1/s1. The molecule has 0 aliphatic heterocycles. The maximum Gasteiger partial charge on any atom is 0.311 e. The number of nitrogens with one attached hydrogen (secondary N) is 1. The zero-order valence-electron chi connectivity index (χ0n) is 10.0. The third kappa shape index (κ3) is 2.72. The van der Waals surface area contributed by atoms with Crippen molar-refractivity contribution in [3.8, 4) is 0 Å². The Bertz CT molecular complexity index is 303. The van der Waals surface area contributed by atoms with Crippen LogP contribution >= 0.6 is 0 Å². The van der Waals surface area contributed by atoms with E-state index in [4.69, 9.17) is 10.8 Å². The molecule has 5 heteroatoms. The zero-order chi connectivity index (χ0) is 12.6. The van der Waals surface area contributed by atoms with Crippen molar-refractivity contribution in [2.45, 2.75) is 39.7 Å². The third-order valence-corrected chi connectivity index (χ3v) is 3.12. The number of hydrogen-bond acceptors (Lipinski definition) is 3. The fourth-order valence-electron chi connectivity index (χ4n) is 1.38. The lowest BCUT2D eigenvalue weighted by Gasteiger charge is -2.26. The van der Waals surface area contributed by atoms with E-state index in [0.29, 0.717) is 12.8 Å². The Morgan fingerprint density at radius 1 is 1.44 bits per heavy atom. The van der Waals surface area contributed by atoms with Gasteiger partial charge in [-0.3, -0.25) is 9.59 Å². The molecule has 0 spiro atoms. The Balaban J connectivity index is 2.45. The van der Waals surface area contributed by atoms with Crippen molar-refractivity contribution in [2.24, 2.45) is 16.6 Å². The molecule has 0 radical (unpaired) electrons. The number of hydrogen-bond donors (Lipinski definition) is 3. The van der Waals surface area contributed by atoms with Gasteiger partial charge in [-0.05, 0) is 18.3 Å². The number of rotatable bonds is 4. The maximum absolute atomic E-state index is 11.7. The number of nitrogens with two attached hydrogens (primary N) is 1. The van der Waals surface area contributed by atoms with Gasteiger partial charge in [-0.15, -0.1) is 0 Å². The topological polar surface area (TPSA) is 92.4 Å². The molecule has 0 aromatic carbocycles. The van der Waals surface area contributed by atoms with Crippen LogP contribution in [0.15, 0.2) is 0 Å². The lowest BCUT2D eigenvalue weighted by Crippen LogP contribution is -2.50. The van der Waals surface area contributed by atoms with Gasteiger partial charge >= 0.3 is 5.97 Å². The molecule has 1 amide bonds. The third-order valence-electron chi connectivity index (χ3n) is 3.12. The highest BCUT2D eigenvalue weighted by molar-refractivity contribution is 5.84. The van der Waals surface area contributed by atoms with Gasteiger partial charge in [0.1, 0.15) is 0 Å². The van der Waals surface area contributed by atoms with Crippen LogP contribution in [0.25, 0.3) is 0 Å². The molecule has 1 atom stereocenters. The highest BCUT2D eigenvalue weighted by Gasteiger charge is 2.50. The minimum atomic E-state index is -0.836. The van der Waals surface area contributed by atoms with Crippen LogP contribution in [0.2, 0.25) is 0 Å². The number of amides is 1. The predicted molar refractivity (Wildman–Crippen MR) is 59.7 cm³/mol. The van der Waals surface area contributed by atoms with Crippen molar-refractivity contribution in [1.82, 2.24) is 5.32 Å². The molecule has 1 aliphatic carbocycles. The van der Waals surface area contributed by atoms with Gasteiger partial charge in [0.15, 0.2) is 0 Å². The minimum absolute atomic E-state index is 0.185. The van der Waals surface area contributed by atoms with Crippen LogP contribution in [-0.4, -0.2) is 29.6 Å². The second-order valence-corrected chi connectivity index (χ2v) is 5.65. The molecule has 1 rings (SSSR count). The molecule has 0 aromatic heterocycles. The van der Waals surface area contributed by atoms with Crippen LogP contribution in [0, 0.1) is 10.8 Å². The SMILES string of the molecule is CC(C)(C)[C@H](N)C(=O)NCC1(C(=O)O)CC1. The van der Waals surface area contributed by atoms with Gasteiger partial charge in [-0.25, -0.2) is 0 Å². The summed E-state index contributed by atoms with van der Waals surface area (Å²) in [7, 11) is 0. The number of aliphatic carboxylic acids is 1. The van der Waals surface area contributed by atoms with E-state index in [9.17, 15) is 9.59 Å². The van der Waals surface area contributed by atoms with E-state index in [1.807, 2.05) is 20.8 Å². The second-order valence-electron chi connectivity index (χ2n) is 5.65. The molecule has 4 N–H and O–H groups in total. The quantitative estimate of drug-likeness (QED) is 0.647. The largest absolute Gasteiger partial charge is 0.481 e. The summed E-state index contributed by atoms with van der Waals surface area (Å²) in [6, 6.07) is -0.614. The first kappa shape index (κ1) is 13.0. The molecule has 1 saturated carbocycles. The molecular weight excluding hydrogens is 208 g/mol. The monoisotopic (exact) mass is 228 g/mol. The summed E-state index contributed by atoms with van der Waals surface area (Å²) < 4.78 is 0. The summed E-state index contributed by atoms with van der Waals surface area (Å²) >= 11 is 0. The van der Waals surface area contributed by atoms with E-state index < -0.39 is 17.4 Å². The molecule has 16 heavy (non-hydrogen) atoms. The lowest BCUT2D eigenvalue weighted by molar-refractivity contribution is -0.143. The Morgan fingerprint density at radius 3 is 2.25 bits per heavy atom. The van der Waals surface area contributed by atoms with Crippen LogP contribution in [-0.2, 0) is 9.59 Å². The van der Waals surface area contributed by atoms with Crippen molar-refractivity contribution in [1.29, 1.82) is 0 Å². The summed E-state index contributed by atoms with van der Waals surface area (Å²) in [5.41, 5.74) is 4.72. The molecule has 1 fully saturated rings. The Labute approximate surface area is 95.4 Å². The van der Waals surface area contributed by atoms with E-state index in [0.717, 1.165) is 0 Å². The second kappa shape index (κ2) is 4.05. The van der Waals surface area contributed by atoms with E-state index in [-0.39, 0.29) is 17.9 Å². The van der Waals surface area contributed by atoms with E-state index in [2.05, 4.69) is 5.32 Å². The molecule has 0 unspecified atom stereocenters. The number of carboxylic acid groups (broad SMARTS) is 1. The van der Waals surface area contributed by atoms with Crippen molar-refractivity contribution < 1.29 is 14.7 Å². The van der Waals surface area contributed by atoms with Crippen molar-refractivity contribution >= 4 is 11.9 Å². The minimum Gasteiger partial charge on any atom is -0.481 e. The Kier molecular flexibility index (Phi) is 3.28. The maximum atomic E-state index is 11.7. The first-order chi connectivity index (χ1) is 7.19. The normalized spacial score (nSPS) is 20.0. The van der Waals surface area contributed by atoms with Crippen molar-refractivity contribution in [3.63, 3.8) is 0 Å². The average Bonchev–Trinajstić information content (AvgIpc) is 2.92. The van der Waals surface area contributed by atoms with Crippen LogP contribution in [0.4, 0.5) is 0 Å². The zero-order valence-corrected chi connectivity index (χ0v) is 10.0. The van der Waals surface area contributed by atoms with Crippen LogP contribution in [0.5, 0.6) is 0 Å². The summed E-state index contributed by atoms with van der Waals surface area (Å²) in [6.07, 6.45) is 1.26. The van der Waals surface area contributed by atoms with Gasteiger partial charge in [0, 0.05) is 6.54 Å².